The zero-order valence-electron chi connectivity index (χ0n) is 11.7. The molecular formula is C14H18F2N2O3. The lowest BCUT2D eigenvalue weighted by Gasteiger charge is -2.34. The van der Waals surface area contributed by atoms with E-state index in [2.05, 4.69) is 4.74 Å². The Morgan fingerprint density at radius 2 is 2.29 bits per heavy atom. The van der Waals surface area contributed by atoms with E-state index < -0.39 is 12.7 Å². The van der Waals surface area contributed by atoms with E-state index in [1.165, 1.54) is 12.1 Å². The molecular weight excluding hydrogens is 282 g/mol. The minimum atomic E-state index is -2.87. The summed E-state index contributed by atoms with van der Waals surface area (Å²) in [5.74, 6) is -0.0787. The van der Waals surface area contributed by atoms with E-state index in [1.807, 2.05) is 0 Å². The van der Waals surface area contributed by atoms with Gasteiger partial charge in [0.25, 0.3) is 0 Å². The summed E-state index contributed by atoms with van der Waals surface area (Å²) in [7, 11) is 0. The molecule has 2 atom stereocenters. The molecule has 21 heavy (non-hydrogen) atoms. The predicted molar refractivity (Wildman–Crippen MR) is 72.0 cm³/mol. The van der Waals surface area contributed by atoms with Crippen molar-refractivity contribution in [1.29, 1.82) is 0 Å². The second-order valence-corrected chi connectivity index (χ2v) is 4.88. The molecule has 0 aliphatic carbocycles. The van der Waals surface area contributed by atoms with Crippen LogP contribution in [0.1, 0.15) is 18.6 Å². The number of hydrogen-bond acceptors (Lipinski definition) is 4. The summed E-state index contributed by atoms with van der Waals surface area (Å²) in [6.07, 6.45) is -0.373. The topological polar surface area (TPSA) is 64.8 Å². The lowest BCUT2D eigenvalue weighted by Crippen LogP contribution is -2.48. The van der Waals surface area contributed by atoms with Crippen molar-refractivity contribution in [3.05, 3.63) is 29.8 Å². The Bertz CT molecular complexity index is 497. The van der Waals surface area contributed by atoms with Gasteiger partial charge >= 0.3 is 6.61 Å². The van der Waals surface area contributed by atoms with Crippen molar-refractivity contribution in [1.82, 2.24) is 4.90 Å². The van der Waals surface area contributed by atoms with Gasteiger partial charge in [-0.05, 0) is 24.6 Å². The van der Waals surface area contributed by atoms with Crippen LogP contribution in [-0.4, -0.2) is 43.2 Å². The van der Waals surface area contributed by atoms with Gasteiger partial charge in [-0.25, -0.2) is 0 Å². The third kappa shape index (κ3) is 4.12. The summed E-state index contributed by atoms with van der Waals surface area (Å²) in [5.41, 5.74) is 6.28. The van der Waals surface area contributed by atoms with Gasteiger partial charge in [-0.1, -0.05) is 12.1 Å². The van der Waals surface area contributed by atoms with Crippen LogP contribution < -0.4 is 10.5 Å². The van der Waals surface area contributed by atoms with Gasteiger partial charge in [0.2, 0.25) is 5.91 Å². The van der Waals surface area contributed by atoms with Crippen LogP contribution in [0.25, 0.3) is 0 Å². The van der Waals surface area contributed by atoms with Gasteiger partial charge < -0.3 is 20.1 Å². The summed E-state index contributed by atoms with van der Waals surface area (Å²) in [5, 5.41) is 0. The summed E-state index contributed by atoms with van der Waals surface area (Å²) in [4.78, 5) is 13.5. The molecule has 1 aromatic rings. The van der Waals surface area contributed by atoms with Gasteiger partial charge in [-0.2, -0.15) is 8.78 Å². The third-order valence-corrected chi connectivity index (χ3v) is 3.22. The van der Waals surface area contributed by atoms with Crippen LogP contribution >= 0.6 is 0 Å². The van der Waals surface area contributed by atoms with Crippen molar-refractivity contribution < 1.29 is 23.0 Å². The molecule has 2 N–H and O–H groups in total. The second kappa shape index (κ2) is 6.82. The number of morpholine rings is 1. The zero-order chi connectivity index (χ0) is 15.4. The molecule has 1 amide bonds. The first-order valence-corrected chi connectivity index (χ1v) is 6.68. The highest BCUT2D eigenvalue weighted by atomic mass is 19.3. The molecule has 1 heterocycles. The number of carbonyl (C=O) groups excluding carboxylic acids is 1. The Morgan fingerprint density at radius 1 is 1.52 bits per heavy atom. The predicted octanol–water partition coefficient (Wildman–Crippen LogP) is 1.54. The molecule has 0 bridgehead atoms. The van der Waals surface area contributed by atoms with Crippen molar-refractivity contribution in [2.75, 3.05) is 19.7 Å². The van der Waals surface area contributed by atoms with Crippen molar-refractivity contribution >= 4 is 5.91 Å². The van der Waals surface area contributed by atoms with Crippen LogP contribution in [0.5, 0.6) is 5.75 Å². The lowest BCUT2D eigenvalue weighted by atomic mass is 10.1. The monoisotopic (exact) mass is 300 g/mol. The van der Waals surface area contributed by atoms with Crippen molar-refractivity contribution in [3.63, 3.8) is 0 Å². The molecule has 116 valence electrons. The molecule has 0 saturated carbocycles. The molecule has 0 radical (unpaired) electrons. The number of carbonyl (C=O) groups is 1. The summed E-state index contributed by atoms with van der Waals surface area (Å²) < 4.78 is 34.4. The van der Waals surface area contributed by atoms with E-state index in [9.17, 15) is 13.6 Å². The van der Waals surface area contributed by atoms with Crippen LogP contribution in [0.4, 0.5) is 8.78 Å². The molecule has 2 rings (SSSR count). The molecule has 1 aliphatic rings. The van der Waals surface area contributed by atoms with E-state index in [-0.39, 0.29) is 17.8 Å². The van der Waals surface area contributed by atoms with Gasteiger partial charge in [0.15, 0.2) is 0 Å². The minimum absolute atomic E-state index is 0.0711. The van der Waals surface area contributed by atoms with Gasteiger partial charge in [0.05, 0.1) is 19.2 Å². The van der Waals surface area contributed by atoms with E-state index in [0.717, 1.165) is 0 Å². The second-order valence-electron chi connectivity index (χ2n) is 4.88. The van der Waals surface area contributed by atoms with E-state index in [1.54, 1.807) is 24.0 Å². The fourth-order valence-corrected chi connectivity index (χ4v) is 2.23. The van der Waals surface area contributed by atoms with E-state index in [0.29, 0.717) is 25.3 Å². The number of amides is 1. The Hall–Kier alpha value is -1.73. The number of nitrogens with two attached hydrogens (primary N) is 1. The number of ether oxygens (including phenoxy) is 2. The minimum Gasteiger partial charge on any atom is -0.435 e. The SMILES string of the molecule is C[C@H](N)C(=O)N1CCO[C@@H](c2cccc(OC(F)F)c2)C1. The Morgan fingerprint density at radius 3 is 2.95 bits per heavy atom. The van der Waals surface area contributed by atoms with Gasteiger partial charge in [0, 0.05) is 6.54 Å². The Kier molecular flexibility index (Phi) is 5.08. The molecule has 1 aliphatic heterocycles. The molecule has 0 aromatic heterocycles. The molecule has 1 saturated heterocycles. The van der Waals surface area contributed by atoms with Gasteiger partial charge in [-0.3, -0.25) is 4.79 Å². The Labute approximate surface area is 121 Å². The van der Waals surface area contributed by atoms with Crippen LogP contribution in [0.2, 0.25) is 0 Å². The van der Waals surface area contributed by atoms with Crippen molar-refractivity contribution in [3.8, 4) is 5.75 Å². The zero-order valence-corrected chi connectivity index (χ0v) is 11.7. The van der Waals surface area contributed by atoms with Crippen LogP contribution in [0.3, 0.4) is 0 Å². The highest BCUT2D eigenvalue weighted by Crippen LogP contribution is 2.26. The van der Waals surface area contributed by atoms with Crippen molar-refractivity contribution in [2.24, 2.45) is 5.73 Å². The van der Waals surface area contributed by atoms with Crippen LogP contribution in [-0.2, 0) is 9.53 Å². The first-order valence-electron chi connectivity index (χ1n) is 6.68. The molecule has 0 unspecified atom stereocenters. The van der Waals surface area contributed by atoms with Crippen molar-refractivity contribution in [2.45, 2.75) is 25.7 Å². The van der Waals surface area contributed by atoms with Crippen LogP contribution in [0.15, 0.2) is 24.3 Å². The fourth-order valence-electron chi connectivity index (χ4n) is 2.23. The largest absolute Gasteiger partial charge is 0.435 e. The summed E-state index contributed by atoms with van der Waals surface area (Å²) >= 11 is 0. The quantitative estimate of drug-likeness (QED) is 0.916. The normalized spacial score (nSPS) is 20.4. The summed E-state index contributed by atoms with van der Waals surface area (Å²) in [6.45, 7) is -0.0427. The summed E-state index contributed by atoms with van der Waals surface area (Å²) in [6, 6.07) is 5.74. The first-order chi connectivity index (χ1) is 9.97. The first kappa shape index (κ1) is 15.7. The number of alkyl halides is 2. The maximum Gasteiger partial charge on any atom is 0.387 e. The number of halogens is 2. The highest BCUT2D eigenvalue weighted by molar-refractivity contribution is 5.81. The third-order valence-electron chi connectivity index (χ3n) is 3.22. The standard InChI is InChI=1S/C14H18F2N2O3/c1-9(17)13(19)18-5-6-20-12(8-18)10-3-2-4-11(7-10)21-14(15)16/h2-4,7,9,12,14H,5-6,8,17H2,1H3/t9-,12+/m0/s1. The number of rotatable bonds is 4. The number of benzene rings is 1. The molecule has 7 heteroatoms. The molecule has 5 nitrogen and oxygen atoms in total. The fraction of sp³-hybridized carbons (Fsp3) is 0.500. The van der Waals surface area contributed by atoms with Gasteiger partial charge in [0.1, 0.15) is 11.9 Å². The lowest BCUT2D eigenvalue weighted by molar-refractivity contribution is -0.140. The van der Waals surface area contributed by atoms with Crippen LogP contribution in [0, 0.1) is 0 Å². The Balaban J connectivity index is 2.09. The average Bonchev–Trinajstić information content (AvgIpc) is 2.46. The smallest absolute Gasteiger partial charge is 0.387 e. The molecule has 1 aromatic carbocycles. The maximum atomic E-state index is 12.2. The molecule has 1 fully saturated rings. The maximum absolute atomic E-state index is 12.2. The number of hydrogen-bond donors (Lipinski definition) is 1. The molecule has 0 spiro atoms. The average molecular weight is 300 g/mol. The van der Waals surface area contributed by atoms with E-state index >= 15 is 0 Å². The highest BCUT2D eigenvalue weighted by Gasteiger charge is 2.27. The van der Waals surface area contributed by atoms with E-state index in [4.69, 9.17) is 10.5 Å². The van der Waals surface area contributed by atoms with Gasteiger partial charge in [-0.15, -0.1) is 0 Å². The number of nitrogens with zero attached hydrogens (tertiary/aromatic N) is 1.